The molecule has 0 bridgehead atoms. The highest BCUT2D eigenvalue weighted by atomic mass is 79.9. The van der Waals surface area contributed by atoms with Crippen molar-refractivity contribution in [3.63, 3.8) is 0 Å². The first-order chi connectivity index (χ1) is 10.2. The van der Waals surface area contributed by atoms with Gasteiger partial charge in [0.2, 0.25) is 0 Å². The SMILES string of the molecule is COC(=O)CSc1cncc(NCc2cccc(Br)c2)n1. The second kappa shape index (κ2) is 7.99. The van der Waals surface area contributed by atoms with Crippen molar-refractivity contribution < 1.29 is 9.53 Å². The summed E-state index contributed by atoms with van der Waals surface area (Å²) in [6.07, 6.45) is 3.28. The maximum atomic E-state index is 11.1. The van der Waals surface area contributed by atoms with Crippen LogP contribution in [0.2, 0.25) is 0 Å². The number of aromatic nitrogens is 2. The van der Waals surface area contributed by atoms with Crippen LogP contribution in [0.5, 0.6) is 0 Å². The predicted octanol–water partition coefficient (Wildman–Crippen LogP) is 3.12. The Hall–Kier alpha value is -1.60. The highest BCUT2D eigenvalue weighted by Gasteiger charge is 2.04. The van der Waals surface area contributed by atoms with Crippen LogP contribution in [0.4, 0.5) is 5.82 Å². The molecule has 0 unspecified atom stereocenters. The molecule has 1 aromatic carbocycles. The van der Waals surface area contributed by atoms with Gasteiger partial charge in [-0.25, -0.2) is 4.98 Å². The van der Waals surface area contributed by atoms with Crippen LogP contribution in [-0.2, 0) is 16.1 Å². The smallest absolute Gasteiger partial charge is 0.316 e. The summed E-state index contributed by atoms with van der Waals surface area (Å²) in [5.74, 6) is 0.611. The molecule has 7 heteroatoms. The van der Waals surface area contributed by atoms with Gasteiger partial charge in [-0.2, -0.15) is 0 Å². The largest absolute Gasteiger partial charge is 0.468 e. The third kappa shape index (κ3) is 5.35. The van der Waals surface area contributed by atoms with Gasteiger partial charge in [-0.3, -0.25) is 9.78 Å². The van der Waals surface area contributed by atoms with E-state index in [1.165, 1.54) is 18.9 Å². The number of thioether (sulfide) groups is 1. The molecular weight excluding hydrogens is 354 g/mol. The van der Waals surface area contributed by atoms with Gasteiger partial charge in [0, 0.05) is 11.0 Å². The second-order valence-electron chi connectivity index (χ2n) is 4.09. The first kappa shape index (κ1) is 15.8. The van der Waals surface area contributed by atoms with E-state index in [4.69, 9.17) is 0 Å². The van der Waals surface area contributed by atoms with E-state index in [1.54, 1.807) is 12.4 Å². The van der Waals surface area contributed by atoms with Crippen LogP contribution in [0.1, 0.15) is 5.56 Å². The molecule has 0 saturated carbocycles. The van der Waals surface area contributed by atoms with Gasteiger partial charge in [-0.1, -0.05) is 39.8 Å². The number of benzene rings is 1. The van der Waals surface area contributed by atoms with Crippen molar-refractivity contribution in [3.05, 3.63) is 46.7 Å². The maximum Gasteiger partial charge on any atom is 0.316 e. The van der Waals surface area contributed by atoms with E-state index in [9.17, 15) is 4.79 Å². The fourth-order valence-corrected chi connectivity index (χ4v) is 2.66. The Kier molecular flexibility index (Phi) is 6.01. The molecule has 2 rings (SSSR count). The molecule has 2 aromatic rings. The van der Waals surface area contributed by atoms with Crippen LogP contribution in [-0.4, -0.2) is 28.8 Å². The molecule has 110 valence electrons. The number of methoxy groups -OCH3 is 1. The summed E-state index contributed by atoms with van der Waals surface area (Å²) in [5, 5.41) is 3.89. The third-order valence-electron chi connectivity index (χ3n) is 2.54. The van der Waals surface area contributed by atoms with E-state index in [-0.39, 0.29) is 11.7 Å². The monoisotopic (exact) mass is 367 g/mol. The van der Waals surface area contributed by atoms with Gasteiger partial charge in [0.25, 0.3) is 0 Å². The van der Waals surface area contributed by atoms with Gasteiger partial charge >= 0.3 is 5.97 Å². The van der Waals surface area contributed by atoms with Gasteiger partial charge in [0.15, 0.2) is 0 Å². The lowest BCUT2D eigenvalue weighted by atomic mass is 10.2. The van der Waals surface area contributed by atoms with Crippen LogP contribution >= 0.6 is 27.7 Å². The number of ether oxygens (including phenoxy) is 1. The quantitative estimate of drug-likeness (QED) is 0.625. The highest BCUT2D eigenvalue weighted by molar-refractivity contribution is 9.10. The van der Waals surface area contributed by atoms with Crippen molar-refractivity contribution in [2.75, 3.05) is 18.2 Å². The number of esters is 1. The number of rotatable bonds is 6. The third-order valence-corrected chi connectivity index (χ3v) is 3.91. The zero-order valence-electron chi connectivity index (χ0n) is 11.4. The number of nitrogens with one attached hydrogen (secondary N) is 1. The summed E-state index contributed by atoms with van der Waals surface area (Å²) in [7, 11) is 1.37. The molecule has 0 aliphatic rings. The Bertz CT molecular complexity index is 625. The Balaban J connectivity index is 1.93. The molecule has 0 atom stereocenters. The van der Waals surface area contributed by atoms with E-state index in [0.717, 1.165) is 10.0 Å². The maximum absolute atomic E-state index is 11.1. The number of halogens is 1. The second-order valence-corrected chi connectivity index (χ2v) is 6.00. The normalized spacial score (nSPS) is 10.2. The van der Waals surface area contributed by atoms with Gasteiger partial charge in [0.1, 0.15) is 10.8 Å². The summed E-state index contributed by atoms with van der Waals surface area (Å²) in [5.41, 5.74) is 1.14. The van der Waals surface area contributed by atoms with Crippen molar-refractivity contribution in [3.8, 4) is 0 Å². The van der Waals surface area contributed by atoms with Crippen LogP contribution in [0.15, 0.2) is 46.2 Å². The van der Waals surface area contributed by atoms with E-state index in [0.29, 0.717) is 17.4 Å². The molecule has 0 saturated heterocycles. The topological polar surface area (TPSA) is 64.1 Å². The van der Waals surface area contributed by atoms with Gasteiger partial charge in [-0.15, -0.1) is 0 Å². The first-order valence-electron chi connectivity index (χ1n) is 6.17. The minimum atomic E-state index is -0.283. The molecule has 1 aromatic heterocycles. The van der Waals surface area contributed by atoms with Crippen LogP contribution in [0, 0.1) is 0 Å². The zero-order valence-corrected chi connectivity index (χ0v) is 13.8. The molecule has 0 amide bonds. The molecular formula is C14H14BrN3O2S. The van der Waals surface area contributed by atoms with Crippen LogP contribution < -0.4 is 5.32 Å². The van der Waals surface area contributed by atoms with Crippen LogP contribution in [0.3, 0.4) is 0 Å². The first-order valence-corrected chi connectivity index (χ1v) is 7.95. The average molecular weight is 368 g/mol. The minimum Gasteiger partial charge on any atom is -0.468 e. The molecule has 5 nitrogen and oxygen atoms in total. The van der Waals surface area contributed by atoms with Crippen molar-refractivity contribution in [1.82, 2.24) is 9.97 Å². The number of hydrogen-bond acceptors (Lipinski definition) is 6. The summed E-state index contributed by atoms with van der Waals surface area (Å²) < 4.78 is 5.63. The lowest BCUT2D eigenvalue weighted by Gasteiger charge is -2.07. The molecule has 0 radical (unpaired) electrons. The van der Waals surface area contributed by atoms with Crippen molar-refractivity contribution in [2.24, 2.45) is 0 Å². The molecule has 1 N–H and O–H groups in total. The summed E-state index contributed by atoms with van der Waals surface area (Å²) in [6.45, 7) is 0.652. The zero-order chi connectivity index (χ0) is 15.1. The van der Waals surface area contributed by atoms with Crippen molar-refractivity contribution >= 4 is 39.5 Å². The van der Waals surface area contributed by atoms with E-state index in [1.807, 2.05) is 24.3 Å². The lowest BCUT2D eigenvalue weighted by molar-refractivity contribution is -0.137. The molecule has 0 fully saturated rings. The van der Waals surface area contributed by atoms with E-state index in [2.05, 4.69) is 36.0 Å². The molecule has 1 heterocycles. The number of carbonyl (C=O) groups excluding carboxylic acids is 1. The Morgan fingerprint density at radius 3 is 3.05 bits per heavy atom. The lowest BCUT2D eigenvalue weighted by Crippen LogP contribution is -2.05. The molecule has 0 aliphatic heterocycles. The van der Waals surface area contributed by atoms with Crippen molar-refractivity contribution in [2.45, 2.75) is 11.6 Å². The molecule has 0 spiro atoms. The summed E-state index contributed by atoms with van der Waals surface area (Å²) in [6, 6.07) is 8.03. The fourth-order valence-electron chi connectivity index (χ4n) is 1.53. The predicted molar refractivity (Wildman–Crippen MR) is 86.2 cm³/mol. The van der Waals surface area contributed by atoms with E-state index < -0.39 is 0 Å². The van der Waals surface area contributed by atoms with E-state index >= 15 is 0 Å². The number of carbonyl (C=O) groups is 1. The van der Waals surface area contributed by atoms with Gasteiger partial charge in [0.05, 0.1) is 25.3 Å². The molecule has 21 heavy (non-hydrogen) atoms. The number of anilines is 1. The summed E-state index contributed by atoms with van der Waals surface area (Å²) in [4.78, 5) is 19.6. The molecule has 0 aliphatic carbocycles. The number of hydrogen-bond donors (Lipinski definition) is 1. The van der Waals surface area contributed by atoms with Crippen LogP contribution in [0.25, 0.3) is 0 Å². The highest BCUT2D eigenvalue weighted by Crippen LogP contribution is 2.17. The standard InChI is InChI=1S/C14H14BrN3O2S/c1-20-14(19)9-21-13-8-16-7-12(18-13)17-6-10-3-2-4-11(15)5-10/h2-5,7-8H,6,9H2,1H3,(H,17,18). The van der Waals surface area contributed by atoms with Gasteiger partial charge in [-0.05, 0) is 17.7 Å². The Morgan fingerprint density at radius 2 is 2.29 bits per heavy atom. The average Bonchev–Trinajstić information content (AvgIpc) is 2.51. The number of nitrogens with zero attached hydrogens (tertiary/aromatic N) is 2. The Morgan fingerprint density at radius 1 is 1.43 bits per heavy atom. The van der Waals surface area contributed by atoms with Crippen molar-refractivity contribution in [1.29, 1.82) is 0 Å². The minimum absolute atomic E-state index is 0.222. The Labute approximate surface area is 135 Å². The van der Waals surface area contributed by atoms with Gasteiger partial charge < -0.3 is 10.1 Å². The fraction of sp³-hybridized carbons (Fsp3) is 0.214. The summed E-state index contributed by atoms with van der Waals surface area (Å²) >= 11 is 4.73.